The van der Waals surface area contributed by atoms with Gasteiger partial charge in [0.15, 0.2) is 0 Å². The fraction of sp³-hybridized carbons (Fsp3) is 0.700. The smallest absolute Gasteiger partial charge is 0.325 e. The Morgan fingerprint density at radius 1 is 1.50 bits per heavy atom. The van der Waals surface area contributed by atoms with Gasteiger partial charge in [0.05, 0.1) is 13.2 Å². The van der Waals surface area contributed by atoms with E-state index in [0.717, 1.165) is 6.42 Å². The van der Waals surface area contributed by atoms with E-state index in [4.69, 9.17) is 0 Å². The number of carbonyl (C=O) groups excluding carboxylic acids is 3. The first-order valence-corrected chi connectivity index (χ1v) is 5.33. The molecule has 0 aromatic carbocycles. The maximum atomic E-state index is 11.3. The van der Waals surface area contributed by atoms with Crippen molar-refractivity contribution in [2.45, 2.75) is 19.8 Å². The topological polar surface area (TPSA) is 75.7 Å². The molecule has 2 amide bonds. The standard InChI is InChI=1S/C10H16N2O4/c1-2-16-10(15)6-11-8(13)7-12-5-3-4-9(12)14/h2-7H2,1H3,(H,11,13). The number of nitrogens with zero attached hydrogens (tertiary/aromatic N) is 1. The Morgan fingerprint density at radius 3 is 2.81 bits per heavy atom. The van der Waals surface area contributed by atoms with Gasteiger partial charge in [0.1, 0.15) is 6.54 Å². The molecule has 0 aromatic rings. The molecule has 0 spiro atoms. The Kier molecular flexibility index (Phi) is 4.75. The first-order chi connectivity index (χ1) is 7.63. The summed E-state index contributed by atoms with van der Waals surface area (Å²) in [5.41, 5.74) is 0. The number of amides is 2. The van der Waals surface area contributed by atoms with Crippen molar-refractivity contribution in [1.82, 2.24) is 10.2 Å². The Labute approximate surface area is 93.9 Å². The maximum absolute atomic E-state index is 11.3. The van der Waals surface area contributed by atoms with E-state index in [-0.39, 0.29) is 24.9 Å². The third-order valence-corrected chi connectivity index (χ3v) is 2.24. The fourth-order valence-electron chi connectivity index (χ4n) is 1.48. The van der Waals surface area contributed by atoms with Gasteiger partial charge in [-0.2, -0.15) is 0 Å². The van der Waals surface area contributed by atoms with E-state index in [0.29, 0.717) is 19.6 Å². The summed E-state index contributed by atoms with van der Waals surface area (Å²) in [6.07, 6.45) is 1.30. The zero-order chi connectivity index (χ0) is 12.0. The average Bonchev–Trinajstić information content (AvgIpc) is 2.62. The van der Waals surface area contributed by atoms with Crippen LogP contribution in [0.15, 0.2) is 0 Å². The first-order valence-electron chi connectivity index (χ1n) is 5.33. The van der Waals surface area contributed by atoms with Crippen LogP contribution in [0.1, 0.15) is 19.8 Å². The SMILES string of the molecule is CCOC(=O)CNC(=O)CN1CCCC1=O. The van der Waals surface area contributed by atoms with Gasteiger partial charge < -0.3 is 15.0 Å². The van der Waals surface area contributed by atoms with Gasteiger partial charge in [-0.05, 0) is 13.3 Å². The lowest BCUT2D eigenvalue weighted by Gasteiger charge is -2.14. The minimum absolute atomic E-state index is 0.00807. The molecule has 1 heterocycles. The van der Waals surface area contributed by atoms with Gasteiger partial charge in [0, 0.05) is 13.0 Å². The molecule has 0 bridgehead atoms. The number of likely N-dealkylation sites (tertiary alicyclic amines) is 1. The van der Waals surface area contributed by atoms with Gasteiger partial charge in [-0.1, -0.05) is 0 Å². The highest BCUT2D eigenvalue weighted by Crippen LogP contribution is 2.08. The molecule has 0 radical (unpaired) electrons. The van der Waals surface area contributed by atoms with Crippen molar-refractivity contribution in [3.63, 3.8) is 0 Å². The van der Waals surface area contributed by atoms with Gasteiger partial charge >= 0.3 is 5.97 Å². The lowest BCUT2D eigenvalue weighted by atomic mass is 10.4. The third-order valence-electron chi connectivity index (χ3n) is 2.24. The summed E-state index contributed by atoms with van der Waals surface area (Å²) >= 11 is 0. The van der Waals surface area contributed by atoms with Crippen molar-refractivity contribution in [1.29, 1.82) is 0 Å². The van der Waals surface area contributed by atoms with Crippen LogP contribution >= 0.6 is 0 Å². The molecule has 6 nitrogen and oxygen atoms in total. The zero-order valence-electron chi connectivity index (χ0n) is 9.32. The Hall–Kier alpha value is -1.59. The maximum Gasteiger partial charge on any atom is 0.325 e. The van der Waals surface area contributed by atoms with Crippen LogP contribution < -0.4 is 5.32 Å². The predicted molar refractivity (Wildman–Crippen MR) is 55.5 cm³/mol. The van der Waals surface area contributed by atoms with E-state index in [2.05, 4.69) is 10.1 Å². The van der Waals surface area contributed by atoms with Gasteiger partial charge in [0.25, 0.3) is 0 Å². The third kappa shape index (κ3) is 3.88. The molecular formula is C10H16N2O4. The van der Waals surface area contributed by atoms with Crippen LogP contribution in [0.3, 0.4) is 0 Å². The van der Waals surface area contributed by atoms with Crippen LogP contribution in [-0.4, -0.2) is 48.9 Å². The van der Waals surface area contributed by atoms with Crippen molar-refractivity contribution >= 4 is 17.8 Å². The van der Waals surface area contributed by atoms with Crippen LogP contribution in [0.25, 0.3) is 0 Å². The largest absolute Gasteiger partial charge is 0.465 e. The normalized spacial score (nSPS) is 15.1. The highest BCUT2D eigenvalue weighted by atomic mass is 16.5. The molecule has 6 heteroatoms. The second-order valence-electron chi connectivity index (χ2n) is 3.50. The predicted octanol–water partition coefficient (Wildman–Crippen LogP) is -0.712. The molecule has 0 saturated carbocycles. The summed E-state index contributed by atoms with van der Waals surface area (Å²) in [6, 6.07) is 0. The number of carbonyl (C=O) groups is 3. The van der Waals surface area contributed by atoms with E-state index in [1.807, 2.05) is 0 Å². The fourth-order valence-corrected chi connectivity index (χ4v) is 1.48. The van der Waals surface area contributed by atoms with Crippen molar-refractivity contribution in [2.24, 2.45) is 0 Å². The average molecular weight is 228 g/mol. The van der Waals surface area contributed by atoms with Crippen molar-refractivity contribution in [3.05, 3.63) is 0 Å². The summed E-state index contributed by atoms with van der Waals surface area (Å²) in [5.74, 6) is -0.807. The highest BCUT2D eigenvalue weighted by molar-refractivity contribution is 5.87. The van der Waals surface area contributed by atoms with Gasteiger partial charge in [-0.15, -0.1) is 0 Å². The van der Waals surface area contributed by atoms with Crippen molar-refractivity contribution in [2.75, 3.05) is 26.2 Å². The molecule has 1 N–H and O–H groups in total. The quantitative estimate of drug-likeness (QED) is 0.631. The number of nitrogens with one attached hydrogen (secondary N) is 1. The number of hydrogen-bond donors (Lipinski definition) is 1. The summed E-state index contributed by atoms with van der Waals surface area (Å²) in [7, 11) is 0. The monoisotopic (exact) mass is 228 g/mol. The Bertz CT molecular complexity index is 291. The van der Waals surface area contributed by atoms with Gasteiger partial charge in [-0.25, -0.2) is 0 Å². The number of ether oxygens (including phenoxy) is 1. The molecule has 0 aromatic heterocycles. The van der Waals surface area contributed by atoms with Crippen LogP contribution in [0.2, 0.25) is 0 Å². The molecule has 1 fully saturated rings. The molecule has 90 valence electrons. The zero-order valence-corrected chi connectivity index (χ0v) is 9.32. The molecular weight excluding hydrogens is 212 g/mol. The number of hydrogen-bond acceptors (Lipinski definition) is 4. The number of esters is 1. The van der Waals surface area contributed by atoms with E-state index in [1.165, 1.54) is 4.90 Å². The highest BCUT2D eigenvalue weighted by Gasteiger charge is 2.22. The van der Waals surface area contributed by atoms with Gasteiger partial charge in [-0.3, -0.25) is 14.4 Å². The molecule has 16 heavy (non-hydrogen) atoms. The summed E-state index contributed by atoms with van der Waals surface area (Å²) in [4.78, 5) is 35.0. The summed E-state index contributed by atoms with van der Waals surface area (Å²) in [5, 5.41) is 2.41. The molecule has 0 aliphatic carbocycles. The van der Waals surface area contributed by atoms with Gasteiger partial charge in [0.2, 0.25) is 11.8 Å². The van der Waals surface area contributed by atoms with Crippen LogP contribution in [0.4, 0.5) is 0 Å². The van der Waals surface area contributed by atoms with E-state index in [1.54, 1.807) is 6.92 Å². The molecule has 1 rings (SSSR count). The minimum Gasteiger partial charge on any atom is -0.465 e. The summed E-state index contributed by atoms with van der Waals surface area (Å²) in [6.45, 7) is 2.49. The van der Waals surface area contributed by atoms with Crippen molar-refractivity contribution < 1.29 is 19.1 Å². The minimum atomic E-state index is -0.469. The molecule has 1 aliphatic rings. The lowest BCUT2D eigenvalue weighted by molar-refractivity contribution is -0.143. The number of rotatable bonds is 5. The first kappa shape index (κ1) is 12.5. The second-order valence-corrected chi connectivity index (χ2v) is 3.50. The Morgan fingerprint density at radius 2 is 2.25 bits per heavy atom. The van der Waals surface area contributed by atoms with Crippen LogP contribution in [0, 0.1) is 0 Å². The van der Waals surface area contributed by atoms with Crippen molar-refractivity contribution in [3.8, 4) is 0 Å². The van der Waals surface area contributed by atoms with E-state index < -0.39 is 5.97 Å². The molecule has 1 aliphatic heterocycles. The lowest BCUT2D eigenvalue weighted by Crippen LogP contribution is -2.40. The molecule has 1 saturated heterocycles. The van der Waals surface area contributed by atoms with Crippen LogP contribution in [-0.2, 0) is 19.1 Å². The van der Waals surface area contributed by atoms with E-state index in [9.17, 15) is 14.4 Å². The van der Waals surface area contributed by atoms with Crippen LogP contribution in [0.5, 0.6) is 0 Å². The Balaban J connectivity index is 2.20. The second kappa shape index (κ2) is 6.09. The summed E-state index contributed by atoms with van der Waals surface area (Å²) < 4.78 is 4.65. The molecule has 0 unspecified atom stereocenters. The molecule has 0 atom stereocenters. The van der Waals surface area contributed by atoms with E-state index >= 15 is 0 Å².